The van der Waals surface area contributed by atoms with Gasteiger partial charge < -0.3 is 5.32 Å². The van der Waals surface area contributed by atoms with Crippen LogP contribution in [-0.4, -0.2) is 40.4 Å². The van der Waals surface area contributed by atoms with Crippen molar-refractivity contribution in [2.45, 2.75) is 57.3 Å². The van der Waals surface area contributed by atoms with Crippen molar-refractivity contribution in [1.82, 2.24) is 20.5 Å². The van der Waals surface area contributed by atoms with Gasteiger partial charge in [0.15, 0.2) is 0 Å². The molecule has 3 heterocycles. The van der Waals surface area contributed by atoms with E-state index in [2.05, 4.69) is 27.6 Å². The molecule has 0 saturated carbocycles. The number of fused-ring (bicyclic) bond motifs is 2. The maximum Gasteiger partial charge on any atom is 0.122 e. The number of nitrogens with one attached hydrogen (secondary N) is 1. The third-order valence-corrected chi connectivity index (χ3v) is 4.22. The van der Waals surface area contributed by atoms with Gasteiger partial charge in [-0.1, -0.05) is 10.3 Å². The number of aryl methyl sites for hydroxylation is 1. The second-order valence-corrected chi connectivity index (χ2v) is 5.47. The van der Waals surface area contributed by atoms with Crippen LogP contribution in [0.3, 0.4) is 0 Å². The summed E-state index contributed by atoms with van der Waals surface area (Å²) >= 11 is 0. The standard InChI is InChI=1S/C12H20N4O/c1-8-12(15-17-14-8)7-16(2)11-5-9-3-4-10(6-11)13-9/h9-11,13H,3-7H2,1-2H3. The zero-order valence-electron chi connectivity index (χ0n) is 10.5. The molecule has 5 nitrogen and oxygen atoms in total. The molecular weight excluding hydrogens is 216 g/mol. The van der Waals surface area contributed by atoms with Gasteiger partial charge >= 0.3 is 0 Å². The summed E-state index contributed by atoms with van der Waals surface area (Å²) < 4.78 is 4.75. The fraction of sp³-hybridized carbons (Fsp3) is 0.833. The van der Waals surface area contributed by atoms with Crippen LogP contribution in [0.2, 0.25) is 0 Å². The van der Waals surface area contributed by atoms with Crippen molar-refractivity contribution in [3.8, 4) is 0 Å². The van der Waals surface area contributed by atoms with Gasteiger partial charge in [0.05, 0.1) is 0 Å². The summed E-state index contributed by atoms with van der Waals surface area (Å²) in [5.74, 6) is 0. The maximum atomic E-state index is 4.75. The Hall–Kier alpha value is -0.940. The first-order valence-corrected chi connectivity index (χ1v) is 6.46. The van der Waals surface area contributed by atoms with E-state index in [4.69, 9.17) is 4.63 Å². The van der Waals surface area contributed by atoms with E-state index in [0.717, 1.165) is 30.0 Å². The first-order chi connectivity index (χ1) is 8.22. The van der Waals surface area contributed by atoms with Crippen LogP contribution < -0.4 is 5.32 Å². The van der Waals surface area contributed by atoms with Crippen LogP contribution in [0, 0.1) is 6.92 Å². The summed E-state index contributed by atoms with van der Waals surface area (Å²) in [7, 11) is 2.18. The fourth-order valence-electron chi connectivity index (χ4n) is 3.15. The van der Waals surface area contributed by atoms with Gasteiger partial charge in [0.25, 0.3) is 0 Å². The maximum absolute atomic E-state index is 4.75. The van der Waals surface area contributed by atoms with Crippen molar-refractivity contribution in [2.75, 3.05) is 7.05 Å². The average Bonchev–Trinajstić information content (AvgIpc) is 2.86. The highest BCUT2D eigenvalue weighted by atomic mass is 16.6. The summed E-state index contributed by atoms with van der Waals surface area (Å²) in [5, 5.41) is 11.5. The van der Waals surface area contributed by atoms with Crippen molar-refractivity contribution in [2.24, 2.45) is 0 Å². The van der Waals surface area contributed by atoms with Crippen LogP contribution in [0.1, 0.15) is 37.1 Å². The third kappa shape index (κ3) is 2.21. The van der Waals surface area contributed by atoms with Crippen LogP contribution in [0.5, 0.6) is 0 Å². The molecule has 2 aliphatic rings. The number of nitrogens with zero attached hydrogens (tertiary/aromatic N) is 3. The van der Waals surface area contributed by atoms with Crippen LogP contribution in [-0.2, 0) is 6.54 Å². The Morgan fingerprint density at radius 1 is 1.29 bits per heavy atom. The Morgan fingerprint density at radius 2 is 2.00 bits per heavy atom. The monoisotopic (exact) mass is 236 g/mol. The Kier molecular flexibility index (Phi) is 2.88. The van der Waals surface area contributed by atoms with Crippen molar-refractivity contribution in [3.63, 3.8) is 0 Å². The van der Waals surface area contributed by atoms with Gasteiger partial charge in [-0.2, -0.15) is 0 Å². The van der Waals surface area contributed by atoms with E-state index >= 15 is 0 Å². The zero-order chi connectivity index (χ0) is 11.8. The topological polar surface area (TPSA) is 54.2 Å². The molecule has 0 radical (unpaired) electrons. The van der Waals surface area contributed by atoms with Gasteiger partial charge in [0.1, 0.15) is 11.4 Å². The van der Waals surface area contributed by atoms with E-state index in [1.165, 1.54) is 25.7 Å². The molecule has 2 unspecified atom stereocenters. The van der Waals surface area contributed by atoms with Crippen LogP contribution in [0.25, 0.3) is 0 Å². The molecule has 0 aliphatic carbocycles. The molecule has 94 valence electrons. The van der Waals surface area contributed by atoms with E-state index < -0.39 is 0 Å². The van der Waals surface area contributed by atoms with Gasteiger partial charge in [-0.15, -0.1) is 0 Å². The zero-order valence-corrected chi connectivity index (χ0v) is 10.5. The number of hydrogen-bond donors (Lipinski definition) is 1. The van der Waals surface area contributed by atoms with E-state index in [1.807, 2.05) is 6.92 Å². The first-order valence-electron chi connectivity index (χ1n) is 6.46. The molecular formula is C12H20N4O. The van der Waals surface area contributed by atoms with Gasteiger partial charge in [-0.3, -0.25) is 4.90 Å². The Morgan fingerprint density at radius 3 is 2.59 bits per heavy atom. The molecule has 2 saturated heterocycles. The first kappa shape index (κ1) is 11.2. The quantitative estimate of drug-likeness (QED) is 0.851. The number of aromatic nitrogens is 2. The third-order valence-electron chi connectivity index (χ3n) is 4.22. The molecule has 5 heteroatoms. The Bertz CT molecular complexity index is 380. The summed E-state index contributed by atoms with van der Waals surface area (Å²) in [6, 6.07) is 2.14. The van der Waals surface area contributed by atoms with E-state index in [-0.39, 0.29) is 0 Å². The largest absolute Gasteiger partial charge is 0.311 e. The molecule has 2 bridgehead atoms. The lowest BCUT2D eigenvalue weighted by atomic mass is 9.98. The molecule has 3 rings (SSSR count). The molecule has 1 N–H and O–H groups in total. The molecule has 2 atom stereocenters. The molecule has 0 aromatic carbocycles. The smallest absolute Gasteiger partial charge is 0.122 e. The highest BCUT2D eigenvalue weighted by Gasteiger charge is 2.35. The van der Waals surface area contributed by atoms with Crippen molar-refractivity contribution >= 4 is 0 Å². The van der Waals surface area contributed by atoms with Crippen LogP contribution in [0.4, 0.5) is 0 Å². The summed E-state index contributed by atoms with van der Waals surface area (Å²) in [5.41, 5.74) is 1.88. The molecule has 1 aromatic rings. The minimum Gasteiger partial charge on any atom is -0.311 e. The number of rotatable bonds is 3. The van der Waals surface area contributed by atoms with Crippen molar-refractivity contribution in [3.05, 3.63) is 11.4 Å². The van der Waals surface area contributed by atoms with Crippen LogP contribution >= 0.6 is 0 Å². The molecule has 0 spiro atoms. The van der Waals surface area contributed by atoms with Crippen LogP contribution in [0.15, 0.2) is 4.63 Å². The predicted molar refractivity (Wildman–Crippen MR) is 63.5 cm³/mol. The second kappa shape index (κ2) is 4.38. The van der Waals surface area contributed by atoms with E-state index in [9.17, 15) is 0 Å². The predicted octanol–water partition coefficient (Wildman–Crippen LogP) is 1.09. The van der Waals surface area contributed by atoms with Crippen molar-refractivity contribution in [1.29, 1.82) is 0 Å². The fourth-order valence-corrected chi connectivity index (χ4v) is 3.15. The lowest BCUT2D eigenvalue weighted by molar-refractivity contribution is 0.162. The van der Waals surface area contributed by atoms with Crippen molar-refractivity contribution < 1.29 is 4.63 Å². The van der Waals surface area contributed by atoms with Gasteiger partial charge in [0.2, 0.25) is 0 Å². The normalized spacial score (nSPS) is 32.3. The molecule has 17 heavy (non-hydrogen) atoms. The molecule has 0 amide bonds. The lowest BCUT2D eigenvalue weighted by Gasteiger charge is -2.35. The Balaban J connectivity index is 1.63. The highest BCUT2D eigenvalue weighted by molar-refractivity contribution is 5.05. The number of hydrogen-bond acceptors (Lipinski definition) is 5. The SMILES string of the molecule is Cc1nonc1CN(C)C1CC2CCC(C1)N2. The van der Waals surface area contributed by atoms with Gasteiger partial charge in [-0.25, -0.2) is 4.63 Å². The molecule has 2 aliphatic heterocycles. The van der Waals surface area contributed by atoms with E-state index in [1.54, 1.807) is 0 Å². The minimum absolute atomic E-state index is 0.671. The second-order valence-electron chi connectivity index (χ2n) is 5.47. The molecule has 2 fully saturated rings. The highest BCUT2D eigenvalue weighted by Crippen LogP contribution is 2.29. The minimum atomic E-state index is 0.671. The van der Waals surface area contributed by atoms with Gasteiger partial charge in [0, 0.05) is 24.7 Å². The Labute approximate surface area is 102 Å². The summed E-state index contributed by atoms with van der Waals surface area (Å²) in [6.45, 7) is 2.80. The van der Waals surface area contributed by atoms with E-state index in [0.29, 0.717) is 6.04 Å². The summed E-state index contributed by atoms with van der Waals surface area (Å²) in [6.07, 6.45) is 5.22. The molecule has 1 aromatic heterocycles. The van der Waals surface area contributed by atoms with Gasteiger partial charge in [-0.05, 0) is 39.7 Å². The lowest BCUT2D eigenvalue weighted by Crippen LogP contribution is -2.46. The number of piperidine rings is 1. The average molecular weight is 236 g/mol. The summed E-state index contributed by atoms with van der Waals surface area (Å²) in [4.78, 5) is 2.40.